The molecule has 0 heterocycles. The minimum Gasteiger partial charge on any atom is -0.395 e. The summed E-state index contributed by atoms with van der Waals surface area (Å²) in [7, 11) is 0. The first-order valence-electron chi connectivity index (χ1n) is 5.63. The van der Waals surface area contributed by atoms with Crippen molar-refractivity contribution in [2.45, 2.75) is 38.8 Å². The summed E-state index contributed by atoms with van der Waals surface area (Å²) in [4.78, 5) is 0. The molecule has 0 aliphatic carbocycles. The summed E-state index contributed by atoms with van der Waals surface area (Å²) in [6.07, 6.45) is 2.20. The number of rotatable bonds is 6. The molecule has 0 aliphatic rings. The Hall–Kier alpha value is -0.860. The third-order valence-corrected chi connectivity index (χ3v) is 2.55. The Labute approximate surface area is 92.3 Å². The van der Waals surface area contributed by atoms with Gasteiger partial charge >= 0.3 is 0 Å². The molecule has 0 aliphatic heterocycles. The number of hydrogen-bond acceptors (Lipinski definition) is 2. The molecule has 0 saturated heterocycles. The van der Waals surface area contributed by atoms with Crippen LogP contribution in [-0.2, 0) is 6.42 Å². The quantitative estimate of drug-likeness (QED) is 0.747. The van der Waals surface area contributed by atoms with Crippen molar-refractivity contribution in [3.63, 3.8) is 0 Å². The van der Waals surface area contributed by atoms with Crippen molar-refractivity contribution in [1.82, 2.24) is 5.32 Å². The molecular weight excluding hydrogens is 186 g/mol. The maximum atomic E-state index is 8.91. The SMILES string of the molecule is C[C@H](CO)N[C@H](C)CCc1ccccc1. The highest BCUT2D eigenvalue weighted by atomic mass is 16.3. The highest BCUT2D eigenvalue weighted by molar-refractivity contribution is 5.14. The van der Waals surface area contributed by atoms with E-state index in [9.17, 15) is 0 Å². The Kier molecular flexibility index (Phi) is 5.37. The lowest BCUT2D eigenvalue weighted by Crippen LogP contribution is -2.36. The van der Waals surface area contributed by atoms with Crippen LogP contribution in [-0.4, -0.2) is 23.8 Å². The first kappa shape index (κ1) is 12.2. The monoisotopic (exact) mass is 207 g/mol. The van der Waals surface area contributed by atoms with Gasteiger partial charge in [-0.1, -0.05) is 30.3 Å². The first-order valence-corrected chi connectivity index (χ1v) is 5.63. The van der Waals surface area contributed by atoms with Gasteiger partial charge in [0, 0.05) is 12.1 Å². The van der Waals surface area contributed by atoms with Crippen LogP contribution in [0.15, 0.2) is 30.3 Å². The molecule has 0 radical (unpaired) electrons. The summed E-state index contributed by atoms with van der Waals surface area (Å²) >= 11 is 0. The van der Waals surface area contributed by atoms with Gasteiger partial charge in [0.15, 0.2) is 0 Å². The van der Waals surface area contributed by atoms with Gasteiger partial charge in [0.1, 0.15) is 0 Å². The van der Waals surface area contributed by atoms with Gasteiger partial charge in [0.05, 0.1) is 6.61 Å². The zero-order valence-electron chi connectivity index (χ0n) is 9.61. The highest BCUT2D eigenvalue weighted by Crippen LogP contribution is 2.05. The summed E-state index contributed by atoms with van der Waals surface area (Å²) in [5.74, 6) is 0. The zero-order valence-corrected chi connectivity index (χ0v) is 9.61. The van der Waals surface area contributed by atoms with Crippen LogP contribution in [0.1, 0.15) is 25.8 Å². The number of benzene rings is 1. The second kappa shape index (κ2) is 6.59. The molecule has 1 aromatic rings. The van der Waals surface area contributed by atoms with Crippen LogP contribution in [0, 0.1) is 0 Å². The molecule has 2 heteroatoms. The van der Waals surface area contributed by atoms with Crippen LogP contribution < -0.4 is 5.32 Å². The van der Waals surface area contributed by atoms with Gasteiger partial charge in [-0.2, -0.15) is 0 Å². The van der Waals surface area contributed by atoms with Gasteiger partial charge in [-0.15, -0.1) is 0 Å². The van der Waals surface area contributed by atoms with E-state index in [1.807, 2.05) is 13.0 Å². The molecule has 2 N–H and O–H groups in total. The first-order chi connectivity index (χ1) is 7.22. The summed E-state index contributed by atoms with van der Waals surface area (Å²) in [6, 6.07) is 11.1. The number of aliphatic hydroxyl groups is 1. The number of hydrogen-bond donors (Lipinski definition) is 2. The lowest BCUT2D eigenvalue weighted by molar-refractivity contribution is 0.241. The van der Waals surface area contributed by atoms with Crippen molar-refractivity contribution >= 4 is 0 Å². The van der Waals surface area contributed by atoms with E-state index < -0.39 is 0 Å². The summed E-state index contributed by atoms with van der Waals surface area (Å²) in [6.45, 7) is 4.36. The topological polar surface area (TPSA) is 32.3 Å². The maximum Gasteiger partial charge on any atom is 0.0582 e. The van der Waals surface area contributed by atoms with Crippen molar-refractivity contribution in [3.8, 4) is 0 Å². The number of aliphatic hydroxyl groups excluding tert-OH is 1. The van der Waals surface area contributed by atoms with Gasteiger partial charge in [0.25, 0.3) is 0 Å². The molecule has 1 aromatic carbocycles. The molecule has 0 amide bonds. The summed E-state index contributed by atoms with van der Waals surface area (Å²) in [5.41, 5.74) is 1.38. The molecule has 84 valence electrons. The summed E-state index contributed by atoms with van der Waals surface area (Å²) in [5, 5.41) is 12.3. The molecule has 0 fully saturated rings. The minimum absolute atomic E-state index is 0.191. The highest BCUT2D eigenvalue weighted by Gasteiger charge is 2.05. The third-order valence-electron chi connectivity index (χ3n) is 2.55. The maximum absolute atomic E-state index is 8.91. The van der Waals surface area contributed by atoms with Crippen molar-refractivity contribution in [1.29, 1.82) is 0 Å². The van der Waals surface area contributed by atoms with E-state index in [1.165, 1.54) is 5.56 Å². The van der Waals surface area contributed by atoms with E-state index in [1.54, 1.807) is 0 Å². The molecule has 0 aromatic heterocycles. The molecule has 15 heavy (non-hydrogen) atoms. The van der Waals surface area contributed by atoms with Crippen molar-refractivity contribution in [2.75, 3.05) is 6.61 Å². The van der Waals surface area contributed by atoms with Crippen LogP contribution in [0.25, 0.3) is 0 Å². The van der Waals surface area contributed by atoms with Crippen LogP contribution >= 0.6 is 0 Å². The predicted molar refractivity (Wildman–Crippen MR) is 63.9 cm³/mol. The van der Waals surface area contributed by atoms with Gasteiger partial charge in [-0.25, -0.2) is 0 Å². The van der Waals surface area contributed by atoms with Crippen molar-refractivity contribution in [2.24, 2.45) is 0 Å². The molecule has 0 spiro atoms. The van der Waals surface area contributed by atoms with Crippen LogP contribution in [0.2, 0.25) is 0 Å². The normalized spacial score (nSPS) is 14.9. The van der Waals surface area contributed by atoms with E-state index in [-0.39, 0.29) is 12.6 Å². The predicted octanol–water partition coefficient (Wildman–Crippen LogP) is 1.98. The van der Waals surface area contributed by atoms with Gasteiger partial charge < -0.3 is 10.4 Å². The molecule has 2 nitrogen and oxygen atoms in total. The molecule has 0 unspecified atom stereocenters. The average Bonchev–Trinajstić information content (AvgIpc) is 2.27. The second-order valence-electron chi connectivity index (χ2n) is 4.18. The Morgan fingerprint density at radius 2 is 1.80 bits per heavy atom. The molecular formula is C13H21NO. The van der Waals surface area contributed by atoms with Gasteiger partial charge in [0.2, 0.25) is 0 Å². The Balaban J connectivity index is 2.25. The summed E-state index contributed by atoms with van der Waals surface area (Å²) < 4.78 is 0. The minimum atomic E-state index is 0.191. The van der Waals surface area contributed by atoms with Crippen LogP contribution in [0.5, 0.6) is 0 Å². The van der Waals surface area contributed by atoms with Gasteiger partial charge in [-0.05, 0) is 32.3 Å². The lowest BCUT2D eigenvalue weighted by Gasteiger charge is -2.18. The number of aryl methyl sites for hydroxylation is 1. The Morgan fingerprint density at radius 1 is 1.13 bits per heavy atom. The number of nitrogens with one attached hydrogen (secondary N) is 1. The fourth-order valence-corrected chi connectivity index (χ4v) is 1.65. The van der Waals surface area contributed by atoms with E-state index in [0.717, 1.165) is 12.8 Å². The van der Waals surface area contributed by atoms with Crippen LogP contribution in [0.4, 0.5) is 0 Å². The molecule has 0 bridgehead atoms. The zero-order chi connectivity index (χ0) is 11.1. The molecule has 0 saturated carbocycles. The van der Waals surface area contributed by atoms with Crippen molar-refractivity contribution in [3.05, 3.63) is 35.9 Å². The lowest BCUT2D eigenvalue weighted by atomic mass is 10.1. The standard InChI is InChI=1S/C13H21NO/c1-11(14-12(2)10-15)8-9-13-6-4-3-5-7-13/h3-7,11-12,14-15H,8-10H2,1-2H3/t11-,12-/m1/s1. The molecule has 1 rings (SSSR count). The second-order valence-corrected chi connectivity index (χ2v) is 4.18. The largest absolute Gasteiger partial charge is 0.395 e. The van der Waals surface area contributed by atoms with E-state index >= 15 is 0 Å². The van der Waals surface area contributed by atoms with Crippen molar-refractivity contribution < 1.29 is 5.11 Å². The Bertz CT molecular complexity index is 260. The average molecular weight is 207 g/mol. The van der Waals surface area contributed by atoms with Crippen LogP contribution in [0.3, 0.4) is 0 Å². The van der Waals surface area contributed by atoms with E-state index in [0.29, 0.717) is 6.04 Å². The van der Waals surface area contributed by atoms with Gasteiger partial charge in [-0.3, -0.25) is 0 Å². The Morgan fingerprint density at radius 3 is 2.40 bits per heavy atom. The van der Waals surface area contributed by atoms with E-state index in [2.05, 4.69) is 36.5 Å². The van der Waals surface area contributed by atoms with E-state index in [4.69, 9.17) is 5.11 Å². The molecule has 2 atom stereocenters. The smallest absolute Gasteiger partial charge is 0.0582 e. The fourth-order valence-electron chi connectivity index (χ4n) is 1.65. The third kappa shape index (κ3) is 4.96. The fraction of sp³-hybridized carbons (Fsp3) is 0.538.